The van der Waals surface area contributed by atoms with E-state index in [9.17, 15) is 9.90 Å². The largest absolute Gasteiger partial charge is 0.481 e. The molecule has 3 heteroatoms. The maximum atomic E-state index is 12.1. The molecule has 3 nitrogen and oxygen atoms in total. The fraction of sp³-hybridized carbons (Fsp3) is 0.350. The van der Waals surface area contributed by atoms with Crippen LogP contribution in [0.3, 0.4) is 0 Å². The first-order chi connectivity index (χ1) is 11.1. The number of hydrogen-bond donors (Lipinski definition) is 1. The zero-order valence-corrected chi connectivity index (χ0v) is 13.4. The van der Waals surface area contributed by atoms with Gasteiger partial charge in [0.25, 0.3) is 0 Å². The molecule has 0 aliphatic carbocycles. The fourth-order valence-corrected chi connectivity index (χ4v) is 3.41. The van der Waals surface area contributed by atoms with Crippen LogP contribution in [-0.4, -0.2) is 23.8 Å². The van der Waals surface area contributed by atoms with Crippen molar-refractivity contribution < 1.29 is 14.6 Å². The molecule has 23 heavy (non-hydrogen) atoms. The summed E-state index contributed by atoms with van der Waals surface area (Å²) < 4.78 is 5.70. The van der Waals surface area contributed by atoms with Crippen molar-refractivity contribution >= 4 is 5.97 Å². The van der Waals surface area contributed by atoms with Crippen LogP contribution in [0.2, 0.25) is 0 Å². The van der Waals surface area contributed by atoms with Gasteiger partial charge in [0.05, 0.1) is 11.5 Å². The second kappa shape index (κ2) is 6.55. The molecule has 2 aromatic carbocycles. The number of benzene rings is 2. The quantitative estimate of drug-likeness (QED) is 0.897. The molecule has 1 aliphatic rings. The van der Waals surface area contributed by atoms with Crippen molar-refractivity contribution in [1.82, 2.24) is 0 Å². The van der Waals surface area contributed by atoms with Gasteiger partial charge in [-0.1, -0.05) is 54.6 Å². The molecule has 2 aromatic rings. The summed E-state index contributed by atoms with van der Waals surface area (Å²) >= 11 is 0. The Morgan fingerprint density at radius 2 is 1.87 bits per heavy atom. The summed E-state index contributed by atoms with van der Waals surface area (Å²) in [4.78, 5) is 12.1. The van der Waals surface area contributed by atoms with Crippen molar-refractivity contribution in [3.63, 3.8) is 0 Å². The van der Waals surface area contributed by atoms with Crippen molar-refractivity contribution in [2.45, 2.75) is 37.7 Å². The number of ether oxygens (including phenoxy) is 1. The maximum absolute atomic E-state index is 12.1. The first-order valence-electron chi connectivity index (χ1n) is 8.11. The van der Waals surface area contributed by atoms with E-state index in [1.165, 1.54) is 0 Å². The van der Waals surface area contributed by atoms with E-state index in [0.29, 0.717) is 6.42 Å². The Morgan fingerprint density at radius 3 is 2.52 bits per heavy atom. The lowest BCUT2D eigenvalue weighted by atomic mass is 9.74. The van der Waals surface area contributed by atoms with Gasteiger partial charge in [-0.3, -0.25) is 4.79 Å². The van der Waals surface area contributed by atoms with Gasteiger partial charge in [-0.25, -0.2) is 0 Å². The minimum Gasteiger partial charge on any atom is -0.481 e. The van der Waals surface area contributed by atoms with Crippen molar-refractivity contribution in [1.29, 1.82) is 0 Å². The molecule has 0 bridgehead atoms. The lowest BCUT2D eigenvalue weighted by molar-refractivity contribution is -0.144. The van der Waals surface area contributed by atoms with Gasteiger partial charge in [-0.05, 0) is 42.9 Å². The highest BCUT2D eigenvalue weighted by molar-refractivity contribution is 5.85. The topological polar surface area (TPSA) is 46.5 Å². The molecule has 1 fully saturated rings. The minimum atomic E-state index is -0.957. The predicted molar refractivity (Wildman–Crippen MR) is 90.5 cm³/mol. The van der Waals surface area contributed by atoms with Crippen LogP contribution in [0.1, 0.15) is 31.7 Å². The van der Waals surface area contributed by atoms with Crippen molar-refractivity contribution in [2.24, 2.45) is 0 Å². The predicted octanol–water partition coefficient (Wildman–Crippen LogP) is 4.27. The van der Waals surface area contributed by atoms with Crippen LogP contribution in [0, 0.1) is 0 Å². The molecular formula is C20H22O3. The molecule has 0 aromatic heterocycles. The Labute approximate surface area is 136 Å². The fourth-order valence-electron chi connectivity index (χ4n) is 3.41. The molecule has 3 rings (SSSR count). The van der Waals surface area contributed by atoms with E-state index in [4.69, 9.17) is 4.74 Å². The standard InChI is InChI=1S/C20H22O3/c1-20(19(21)22,14-16-10-7-13-23-16)18-12-6-5-11-17(18)15-8-3-2-4-9-15/h2-6,8-9,11-12,16H,7,10,13-14H2,1H3,(H,21,22). The third-order valence-electron chi connectivity index (χ3n) is 4.74. The van der Waals surface area contributed by atoms with Gasteiger partial charge < -0.3 is 9.84 Å². The lowest BCUT2D eigenvalue weighted by Crippen LogP contribution is -2.36. The maximum Gasteiger partial charge on any atom is 0.313 e. The summed E-state index contributed by atoms with van der Waals surface area (Å²) in [5, 5.41) is 9.96. The molecule has 0 spiro atoms. The van der Waals surface area contributed by atoms with E-state index >= 15 is 0 Å². The molecule has 0 radical (unpaired) electrons. The molecule has 1 heterocycles. The van der Waals surface area contributed by atoms with E-state index in [-0.39, 0.29) is 6.10 Å². The summed E-state index contributed by atoms with van der Waals surface area (Å²) in [6.07, 6.45) is 2.49. The first-order valence-corrected chi connectivity index (χ1v) is 8.11. The van der Waals surface area contributed by atoms with E-state index in [0.717, 1.165) is 36.1 Å². The van der Waals surface area contributed by atoms with Crippen LogP contribution in [0.15, 0.2) is 54.6 Å². The second-order valence-corrected chi connectivity index (χ2v) is 6.39. The Balaban J connectivity index is 2.05. The third-order valence-corrected chi connectivity index (χ3v) is 4.74. The highest BCUT2D eigenvalue weighted by Crippen LogP contribution is 2.38. The van der Waals surface area contributed by atoms with Gasteiger partial charge >= 0.3 is 5.97 Å². The number of hydrogen-bond acceptors (Lipinski definition) is 2. The van der Waals surface area contributed by atoms with Gasteiger partial charge in [0.1, 0.15) is 0 Å². The van der Waals surface area contributed by atoms with Gasteiger partial charge in [-0.2, -0.15) is 0 Å². The smallest absolute Gasteiger partial charge is 0.313 e. The Kier molecular flexibility index (Phi) is 4.49. The highest BCUT2D eigenvalue weighted by atomic mass is 16.5. The average molecular weight is 310 g/mol. The molecule has 0 amide bonds. The monoisotopic (exact) mass is 310 g/mol. The van der Waals surface area contributed by atoms with E-state index in [1.807, 2.05) is 61.5 Å². The average Bonchev–Trinajstić information content (AvgIpc) is 3.08. The lowest BCUT2D eigenvalue weighted by Gasteiger charge is -2.30. The molecule has 1 aliphatic heterocycles. The summed E-state index contributed by atoms with van der Waals surface area (Å²) in [5.74, 6) is -0.795. The van der Waals surface area contributed by atoms with Crippen LogP contribution < -0.4 is 0 Å². The Morgan fingerprint density at radius 1 is 1.17 bits per heavy atom. The molecule has 2 atom stereocenters. The number of carboxylic acids is 1. The summed E-state index contributed by atoms with van der Waals surface area (Å²) in [7, 11) is 0. The van der Waals surface area contributed by atoms with Crippen molar-refractivity contribution in [3.8, 4) is 11.1 Å². The molecule has 0 saturated carbocycles. The van der Waals surface area contributed by atoms with Gasteiger partial charge in [0.2, 0.25) is 0 Å². The molecule has 1 N–H and O–H groups in total. The highest BCUT2D eigenvalue weighted by Gasteiger charge is 2.40. The van der Waals surface area contributed by atoms with Gasteiger partial charge in [0.15, 0.2) is 0 Å². The number of carbonyl (C=O) groups is 1. The zero-order chi connectivity index (χ0) is 16.3. The van der Waals surface area contributed by atoms with Crippen LogP contribution >= 0.6 is 0 Å². The Hall–Kier alpha value is -2.13. The van der Waals surface area contributed by atoms with Crippen LogP contribution in [0.5, 0.6) is 0 Å². The van der Waals surface area contributed by atoms with Crippen molar-refractivity contribution in [3.05, 3.63) is 60.2 Å². The molecule has 1 saturated heterocycles. The SMILES string of the molecule is CC(CC1CCCO1)(C(=O)O)c1ccccc1-c1ccccc1. The number of carboxylic acid groups (broad SMARTS) is 1. The molecule has 2 unspecified atom stereocenters. The van der Waals surface area contributed by atoms with Crippen molar-refractivity contribution in [2.75, 3.05) is 6.61 Å². The van der Waals surface area contributed by atoms with Crippen LogP contribution in [0.25, 0.3) is 11.1 Å². The first kappa shape index (κ1) is 15.8. The van der Waals surface area contributed by atoms with Crippen LogP contribution in [-0.2, 0) is 14.9 Å². The van der Waals surface area contributed by atoms with E-state index in [1.54, 1.807) is 0 Å². The van der Waals surface area contributed by atoms with E-state index in [2.05, 4.69) is 0 Å². The number of aliphatic carboxylic acids is 1. The summed E-state index contributed by atoms with van der Waals surface area (Å²) in [6, 6.07) is 17.8. The van der Waals surface area contributed by atoms with E-state index < -0.39 is 11.4 Å². The van der Waals surface area contributed by atoms with Gasteiger partial charge in [0, 0.05) is 6.61 Å². The summed E-state index contributed by atoms with van der Waals surface area (Å²) in [6.45, 7) is 2.56. The zero-order valence-electron chi connectivity index (χ0n) is 13.4. The molecule has 120 valence electrons. The number of rotatable bonds is 5. The van der Waals surface area contributed by atoms with Gasteiger partial charge in [-0.15, -0.1) is 0 Å². The second-order valence-electron chi connectivity index (χ2n) is 6.39. The minimum absolute atomic E-state index is 0.0277. The summed E-state index contributed by atoms with van der Waals surface area (Å²) in [5.41, 5.74) is 1.93. The molecular weight excluding hydrogens is 288 g/mol. The third kappa shape index (κ3) is 3.15. The Bertz CT molecular complexity index is 674. The normalized spacial score (nSPS) is 20.1. The van der Waals surface area contributed by atoms with Crippen LogP contribution in [0.4, 0.5) is 0 Å².